The zero-order chi connectivity index (χ0) is 15.4. The van der Waals surface area contributed by atoms with Crippen molar-refractivity contribution in [3.8, 4) is 0 Å². The van der Waals surface area contributed by atoms with E-state index in [1.165, 1.54) is 0 Å². The van der Waals surface area contributed by atoms with Crippen molar-refractivity contribution in [1.82, 2.24) is 14.8 Å². The summed E-state index contributed by atoms with van der Waals surface area (Å²) in [4.78, 5) is 26.5. The molecule has 0 radical (unpaired) electrons. The van der Waals surface area contributed by atoms with Crippen LogP contribution in [0.3, 0.4) is 0 Å². The molecule has 1 aliphatic rings. The van der Waals surface area contributed by atoms with Gasteiger partial charge in [-0.2, -0.15) is 5.10 Å². The van der Waals surface area contributed by atoms with Gasteiger partial charge in [0.05, 0.1) is 34.2 Å². The van der Waals surface area contributed by atoms with Gasteiger partial charge < -0.3 is 10.1 Å². The van der Waals surface area contributed by atoms with E-state index < -0.39 is 5.97 Å². The summed E-state index contributed by atoms with van der Waals surface area (Å²) in [7, 11) is 0. The number of carboxylic acids is 1. The number of aryl methyl sites for hydroxylation is 1. The maximum atomic E-state index is 12.2. The molecular weight excluding hydrogens is 282 g/mol. The van der Waals surface area contributed by atoms with Gasteiger partial charge in [-0.15, -0.1) is 0 Å². The summed E-state index contributed by atoms with van der Waals surface area (Å²) in [5.41, 5.74) is 2.09. The molecule has 1 aromatic carbocycles. The number of pyridine rings is 1. The van der Waals surface area contributed by atoms with Crippen molar-refractivity contribution in [2.24, 2.45) is 0 Å². The summed E-state index contributed by atoms with van der Waals surface area (Å²) in [6, 6.07) is 3.66. The molecule has 6 nitrogen and oxygen atoms in total. The molecule has 1 aliphatic carbocycles. The van der Waals surface area contributed by atoms with Gasteiger partial charge in [-0.3, -0.25) is 9.48 Å². The van der Waals surface area contributed by atoms with Crippen molar-refractivity contribution >= 4 is 27.8 Å². The van der Waals surface area contributed by atoms with Gasteiger partial charge in [0.2, 0.25) is 0 Å². The smallest absolute Gasteiger partial charge is 0.335 e. The van der Waals surface area contributed by atoms with Crippen LogP contribution in [0.15, 0.2) is 23.1 Å². The van der Waals surface area contributed by atoms with Gasteiger partial charge in [-0.05, 0) is 43.9 Å². The Hall–Kier alpha value is -2.63. The molecule has 6 heteroatoms. The first-order valence-corrected chi connectivity index (χ1v) is 7.33. The molecule has 0 aliphatic heterocycles. The minimum atomic E-state index is -0.964. The van der Waals surface area contributed by atoms with Gasteiger partial charge >= 0.3 is 5.97 Å². The molecule has 1 saturated carbocycles. The van der Waals surface area contributed by atoms with Crippen molar-refractivity contribution in [2.75, 3.05) is 0 Å². The predicted octanol–water partition coefficient (Wildman–Crippen LogP) is 2.61. The summed E-state index contributed by atoms with van der Waals surface area (Å²) in [6.07, 6.45) is 4.82. The van der Waals surface area contributed by atoms with Gasteiger partial charge in [0, 0.05) is 5.39 Å². The van der Waals surface area contributed by atoms with Gasteiger partial charge in [0.15, 0.2) is 0 Å². The lowest BCUT2D eigenvalue weighted by molar-refractivity contribution is 0.0696. The highest BCUT2D eigenvalue weighted by atomic mass is 16.4. The molecule has 0 amide bonds. The average molecular weight is 297 g/mol. The number of hydrogen-bond acceptors (Lipinski definition) is 3. The Bertz CT molecular complexity index is 980. The number of aromatic nitrogens is 3. The third kappa shape index (κ3) is 1.70. The summed E-state index contributed by atoms with van der Waals surface area (Å²) in [5.74, 6) is -0.964. The van der Waals surface area contributed by atoms with E-state index in [-0.39, 0.29) is 11.1 Å². The highest BCUT2D eigenvalue weighted by Crippen LogP contribution is 2.35. The average Bonchev–Trinajstić information content (AvgIpc) is 2.81. The topological polar surface area (TPSA) is 88.0 Å². The number of benzene rings is 1. The molecule has 0 atom stereocenters. The quantitative estimate of drug-likeness (QED) is 0.761. The summed E-state index contributed by atoms with van der Waals surface area (Å²) < 4.78 is 1.89. The highest BCUT2D eigenvalue weighted by Gasteiger charge is 2.24. The fraction of sp³-hybridized carbons (Fsp3) is 0.312. The third-order valence-corrected chi connectivity index (χ3v) is 4.56. The molecular formula is C16H15N3O3. The number of aromatic carboxylic acids is 1. The zero-order valence-electron chi connectivity index (χ0n) is 12.1. The second-order valence-corrected chi connectivity index (χ2v) is 5.91. The van der Waals surface area contributed by atoms with Gasteiger partial charge in [-0.1, -0.05) is 0 Å². The summed E-state index contributed by atoms with van der Waals surface area (Å²) in [5, 5.41) is 15.0. The van der Waals surface area contributed by atoms with E-state index in [0.29, 0.717) is 22.5 Å². The Morgan fingerprint density at radius 2 is 2.14 bits per heavy atom. The van der Waals surface area contributed by atoms with Crippen molar-refractivity contribution in [3.63, 3.8) is 0 Å². The minimum absolute atomic E-state index is 0.185. The Labute approximate surface area is 125 Å². The fourth-order valence-electron chi connectivity index (χ4n) is 3.13. The van der Waals surface area contributed by atoms with E-state index in [0.717, 1.165) is 30.2 Å². The second kappa shape index (κ2) is 4.43. The van der Waals surface area contributed by atoms with E-state index in [2.05, 4.69) is 10.1 Å². The van der Waals surface area contributed by atoms with Crippen molar-refractivity contribution in [3.05, 3.63) is 39.8 Å². The summed E-state index contributed by atoms with van der Waals surface area (Å²) in [6.45, 7) is 1.73. The first kappa shape index (κ1) is 13.1. The first-order valence-electron chi connectivity index (χ1n) is 7.33. The zero-order valence-corrected chi connectivity index (χ0v) is 12.1. The van der Waals surface area contributed by atoms with Crippen molar-refractivity contribution in [1.29, 1.82) is 0 Å². The van der Waals surface area contributed by atoms with Crippen molar-refractivity contribution < 1.29 is 9.90 Å². The molecule has 2 aromatic heterocycles. The molecule has 0 spiro atoms. The molecule has 2 N–H and O–H groups in total. The molecule has 112 valence electrons. The highest BCUT2D eigenvalue weighted by molar-refractivity contribution is 6.06. The Balaban J connectivity index is 2.15. The standard InChI is InChI=1S/C16H15N3O3/c1-8-5-13-11(6-10(8)16(21)22)14-12(15(20)18-13)7-17-19(14)9-3-2-4-9/h5-7,9H,2-4H2,1H3,(H,18,20)(H,21,22). The molecule has 2 heterocycles. The van der Waals surface area contributed by atoms with Crippen LogP contribution in [-0.4, -0.2) is 25.8 Å². The number of fused-ring (bicyclic) bond motifs is 3. The number of rotatable bonds is 2. The van der Waals surface area contributed by atoms with Gasteiger partial charge in [0.25, 0.3) is 5.56 Å². The normalized spacial score (nSPS) is 15.3. The number of hydrogen-bond donors (Lipinski definition) is 2. The lowest BCUT2D eigenvalue weighted by atomic mass is 9.93. The SMILES string of the molecule is Cc1cc2[nH]c(=O)c3cnn(C4CCC4)c3c2cc1C(=O)O. The molecule has 4 rings (SSSR count). The van der Waals surface area contributed by atoms with Crippen LogP contribution < -0.4 is 5.56 Å². The predicted molar refractivity (Wildman–Crippen MR) is 82.4 cm³/mol. The van der Waals surface area contributed by atoms with E-state index in [1.54, 1.807) is 25.3 Å². The number of nitrogens with zero attached hydrogens (tertiary/aromatic N) is 2. The van der Waals surface area contributed by atoms with E-state index in [9.17, 15) is 14.7 Å². The lowest BCUT2D eigenvalue weighted by Gasteiger charge is -2.26. The van der Waals surface area contributed by atoms with Crippen LogP contribution in [0.4, 0.5) is 0 Å². The van der Waals surface area contributed by atoms with Crippen molar-refractivity contribution in [2.45, 2.75) is 32.2 Å². The largest absolute Gasteiger partial charge is 0.478 e. The van der Waals surface area contributed by atoms with Gasteiger partial charge in [-0.25, -0.2) is 4.79 Å². The molecule has 0 unspecified atom stereocenters. The molecule has 1 fully saturated rings. The second-order valence-electron chi connectivity index (χ2n) is 5.91. The van der Waals surface area contributed by atoms with Crippen LogP contribution in [0.5, 0.6) is 0 Å². The summed E-state index contributed by atoms with van der Waals surface area (Å²) >= 11 is 0. The van der Waals surface area contributed by atoms with E-state index in [4.69, 9.17) is 0 Å². The lowest BCUT2D eigenvalue weighted by Crippen LogP contribution is -2.18. The first-order chi connectivity index (χ1) is 10.6. The monoisotopic (exact) mass is 297 g/mol. The number of carboxylic acid groups (broad SMARTS) is 1. The van der Waals surface area contributed by atoms with Crippen LogP contribution in [0.1, 0.15) is 41.2 Å². The molecule has 22 heavy (non-hydrogen) atoms. The number of H-pyrrole nitrogens is 1. The van der Waals surface area contributed by atoms with E-state index in [1.807, 2.05) is 4.68 Å². The van der Waals surface area contributed by atoms with Gasteiger partial charge in [0.1, 0.15) is 0 Å². The van der Waals surface area contributed by atoms with Crippen LogP contribution in [0.25, 0.3) is 21.8 Å². The maximum absolute atomic E-state index is 12.2. The van der Waals surface area contributed by atoms with E-state index >= 15 is 0 Å². The fourth-order valence-corrected chi connectivity index (χ4v) is 3.13. The third-order valence-electron chi connectivity index (χ3n) is 4.56. The maximum Gasteiger partial charge on any atom is 0.335 e. The van der Waals surface area contributed by atoms with Crippen LogP contribution >= 0.6 is 0 Å². The number of carbonyl (C=O) groups is 1. The molecule has 0 saturated heterocycles. The molecule has 0 bridgehead atoms. The Kier molecular flexibility index (Phi) is 2.63. The van der Waals surface area contributed by atoms with Crippen LogP contribution in [0.2, 0.25) is 0 Å². The number of aromatic amines is 1. The van der Waals surface area contributed by atoms with Crippen LogP contribution in [-0.2, 0) is 0 Å². The Morgan fingerprint density at radius 3 is 2.77 bits per heavy atom. The van der Waals surface area contributed by atoms with Crippen LogP contribution in [0, 0.1) is 6.92 Å². The molecule has 3 aromatic rings. The number of nitrogens with one attached hydrogen (secondary N) is 1. The Morgan fingerprint density at radius 1 is 1.36 bits per heavy atom. The minimum Gasteiger partial charge on any atom is -0.478 e.